The standard InChI is InChI=1S/C10H14N2O3S/c1-3-4-12(5-8(13)14)10(15)9-7(2)11-6-16-9/h6H,3-5H2,1-2H3,(H,13,14). The molecule has 5 nitrogen and oxygen atoms in total. The number of thiazole rings is 1. The summed E-state index contributed by atoms with van der Waals surface area (Å²) in [6.07, 6.45) is 0.733. The predicted octanol–water partition coefficient (Wildman–Crippen LogP) is 1.39. The maximum atomic E-state index is 12.0. The minimum Gasteiger partial charge on any atom is -0.480 e. The first-order valence-electron chi connectivity index (χ1n) is 4.97. The molecule has 0 aliphatic rings. The number of carboxylic acids is 1. The Kier molecular flexibility index (Phi) is 4.42. The lowest BCUT2D eigenvalue weighted by Crippen LogP contribution is -2.36. The molecule has 0 saturated carbocycles. The maximum Gasteiger partial charge on any atom is 0.323 e. The third-order valence-corrected chi connectivity index (χ3v) is 2.96. The predicted molar refractivity (Wildman–Crippen MR) is 60.7 cm³/mol. The summed E-state index contributed by atoms with van der Waals surface area (Å²) in [5.41, 5.74) is 2.24. The molecule has 0 spiro atoms. The zero-order valence-electron chi connectivity index (χ0n) is 9.27. The highest BCUT2D eigenvalue weighted by atomic mass is 32.1. The largest absolute Gasteiger partial charge is 0.480 e. The van der Waals surface area contributed by atoms with Gasteiger partial charge in [-0.05, 0) is 13.3 Å². The Balaban J connectivity index is 2.82. The molecule has 16 heavy (non-hydrogen) atoms. The molecule has 0 bridgehead atoms. The fourth-order valence-corrected chi connectivity index (χ4v) is 2.11. The van der Waals surface area contributed by atoms with Gasteiger partial charge in [0.15, 0.2) is 0 Å². The van der Waals surface area contributed by atoms with E-state index in [-0.39, 0.29) is 12.5 Å². The van der Waals surface area contributed by atoms with Gasteiger partial charge < -0.3 is 10.0 Å². The van der Waals surface area contributed by atoms with Crippen molar-refractivity contribution in [3.63, 3.8) is 0 Å². The lowest BCUT2D eigenvalue weighted by atomic mass is 10.3. The minimum atomic E-state index is -0.996. The van der Waals surface area contributed by atoms with E-state index in [1.165, 1.54) is 16.2 Å². The van der Waals surface area contributed by atoms with E-state index in [0.717, 1.165) is 6.42 Å². The number of carboxylic acid groups (broad SMARTS) is 1. The molecular weight excluding hydrogens is 228 g/mol. The van der Waals surface area contributed by atoms with Crippen LogP contribution < -0.4 is 0 Å². The molecule has 0 unspecified atom stereocenters. The molecule has 88 valence electrons. The highest BCUT2D eigenvalue weighted by molar-refractivity contribution is 7.11. The lowest BCUT2D eigenvalue weighted by Gasteiger charge is -2.19. The van der Waals surface area contributed by atoms with Gasteiger partial charge in [0.05, 0.1) is 11.2 Å². The number of hydrogen-bond acceptors (Lipinski definition) is 4. The molecule has 0 atom stereocenters. The van der Waals surface area contributed by atoms with Crippen molar-refractivity contribution in [2.75, 3.05) is 13.1 Å². The van der Waals surface area contributed by atoms with Gasteiger partial charge in [0.2, 0.25) is 0 Å². The van der Waals surface area contributed by atoms with Gasteiger partial charge in [-0.15, -0.1) is 11.3 Å². The van der Waals surface area contributed by atoms with Crippen LogP contribution in [0.15, 0.2) is 5.51 Å². The third-order valence-electron chi connectivity index (χ3n) is 2.05. The molecule has 0 aromatic carbocycles. The average Bonchev–Trinajstić information content (AvgIpc) is 2.62. The molecule has 1 N–H and O–H groups in total. The number of nitrogens with zero attached hydrogens (tertiary/aromatic N) is 2. The summed E-state index contributed by atoms with van der Waals surface area (Å²) in [5.74, 6) is -1.24. The number of carbonyl (C=O) groups is 2. The topological polar surface area (TPSA) is 70.5 Å². The van der Waals surface area contributed by atoms with Gasteiger partial charge >= 0.3 is 5.97 Å². The quantitative estimate of drug-likeness (QED) is 0.847. The second kappa shape index (κ2) is 5.60. The Labute approximate surface area is 97.7 Å². The van der Waals surface area contributed by atoms with Crippen LogP contribution in [0, 0.1) is 6.92 Å². The van der Waals surface area contributed by atoms with Gasteiger partial charge in [0, 0.05) is 6.54 Å². The van der Waals surface area contributed by atoms with Crippen molar-refractivity contribution >= 4 is 23.2 Å². The van der Waals surface area contributed by atoms with Crippen molar-refractivity contribution in [2.24, 2.45) is 0 Å². The molecule has 6 heteroatoms. The number of aryl methyl sites for hydroxylation is 1. The van der Waals surface area contributed by atoms with E-state index in [1.807, 2.05) is 6.92 Å². The van der Waals surface area contributed by atoms with Crippen LogP contribution in [0.2, 0.25) is 0 Å². The van der Waals surface area contributed by atoms with Crippen LogP contribution in [0.5, 0.6) is 0 Å². The second-order valence-electron chi connectivity index (χ2n) is 3.39. The van der Waals surface area contributed by atoms with Gasteiger partial charge in [0.25, 0.3) is 5.91 Å². The van der Waals surface area contributed by atoms with Crippen molar-refractivity contribution < 1.29 is 14.7 Å². The van der Waals surface area contributed by atoms with Gasteiger partial charge in [-0.1, -0.05) is 6.92 Å². The van der Waals surface area contributed by atoms with E-state index < -0.39 is 5.97 Å². The highest BCUT2D eigenvalue weighted by Gasteiger charge is 2.20. The molecule has 0 aliphatic heterocycles. The summed E-state index contributed by atoms with van der Waals surface area (Å²) in [4.78, 5) is 28.5. The lowest BCUT2D eigenvalue weighted by molar-refractivity contribution is -0.137. The molecule has 1 heterocycles. The molecule has 0 saturated heterocycles. The van der Waals surface area contributed by atoms with Crippen molar-refractivity contribution in [1.29, 1.82) is 0 Å². The number of hydrogen-bond donors (Lipinski definition) is 1. The molecular formula is C10H14N2O3S. The fraction of sp³-hybridized carbons (Fsp3) is 0.500. The summed E-state index contributed by atoms with van der Waals surface area (Å²) in [7, 11) is 0. The van der Waals surface area contributed by atoms with E-state index in [2.05, 4.69) is 4.98 Å². The highest BCUT2D eigenvalue weighted by Crippen LogP contribution is 2.15. The van der Waals surface area contributed by atoms with Crippen molar-refractivity contribution in [1.82, 2.24) is 9.88 Å². The maximum absolute atomic E-state index is 12.0. The molecule has 0 radical (unpaired) electrons. The molecule has 0 fully saturated rings. The van der Waals surface area contributed by atoms with Gasteiger partial charge in [0.1, 0.15) is 11.4 Å². The minimum absolute atomic E-state index is 0.246. The number of carbonyl (C=O) groups excluding carboxylic acids is 1. The first-order valence-corrected chi connectivity index (χ1v) is 5.85. The Morgan fingerprint density at radius 1 is 1.56 bits per heavy atom. The summed E-state index contributed by atoms with van der Waals surface area (Å²) in [6, 6.07) is 0. The zero-order chi connectivity index (χ0) is 12.1. The van der Waals surface area contributed by atoms with Crippen LogP contribution in [-0.2, 0) is 4.79 Å². The van der Waals surface area contributed by atoms with Gasteiger partial charge in [-0.3, -0.25) is 9.59 Å². The van der Waals surface area contributed by atoms with Gasteiger partial charge in [-0.25, -0.2) is 4.98 Å². The van der Waals surface area contributed by atoms with Crippen LogP contribution in [-0.4, -0.2) is 40.0 Å². The SMILES string of the molecule is CCCN(CC(=O)O)C(=O)c1scnc1C. The van der Waals surface area contributed by atoms with Crippen LogP contribution in [0.25, 0.3) is 0 Å². The molecule has 0 aliphatic carbocycles. The Bertz CT molecular complexity index is 389. The number of rotatable bonds is 5. The van der Waals surface area contributed by atoms with Crippen molar-refractivity contribution in [2.45, 2.75) is 20.3 Å². The Morgan fingerprint density at radius 2 is 2.25 bits per heavy atom. The summed E-state index contributed by atoms with van der Waals surface area (Å²) in [5, 5.41) is 8.72. The summed E-state index contributed by atoms with van der Waals surface area (Å²) < 4.78 is 0. The molecule has 1 aromatic heterocycles. The van der Waals surface area contributed by atoms with E-state index >= 15 is 0 Å². The van der Waals surface area contributed by atoms with Crippen molar-refractivity contribution in [3.05, 3.63) is 16.1 Å². The zero-order valence-corrected chi connectivity index (χ0v) is 10.1. The number of amides is 1. The van der Waals surface area contributed by atoms with E-state index in [9.17, 15) is 9.59 Å². The van der Waals surface area contributed by atoms with Crippen molar-refractivity contribution in [3.8, 4) is 0 Å². The van der Waals surface area contributed by atoms with E-state index in [0.29, 0.717) is 17.1 Å². The number of aliphatic carboxylic acids is 1. The fourth-order valence-electron chi connectivity index (χ4n) is 1.34. The summed E-state index contributed by atoms with van der Waals surface area (Å²) >= 11 is 1.24. The first kappa shape index (κ1) is 12.6. The second-order valence-corrected chi connectivity index (χ2v) is 4.24. The number of aromatic nitrogens is 1. The molecule has 1 rings (SSSR count). The first-order chi connectivity index (χ1) is 7.56. The van der Waals surface area contributed by atoms with Gasteiger partial charge in [-0.2, -0.15) is 0 Å². The monoisotopic (exact) mass is 242 g/mol. The van der Waals surface area contributed by atoms with Crippen LogP contribution >= 0.6 is 11.3 Å². The van der Waals surface area contributed by atoms with Crippen LogP contribution in [0.4, 0.5) is 0 Å². The normalized spacial score (nSPS) is 10.1. The van der Waals surface area contributed by atoms with Crippen LogP contribution in [0.1, 0.15) is 28.7 Å². The smallest absolute Gasteiger partial charge is 0.323 e. The summed E-state index contributed by atoms with van der Waals surface area (Å²) in [6.45, 7) is 3.84. The molecule has 1 amide bonds. The average molecular weight is 242 g/mol. The Hall–Kier alpha value is -1.43. The third kappa shape index (κ3) is 3.03. The molecule has 1 aromatic rings. The van der Waals surface area contributed by atoms with E-state index in [4.69, 9.17) is 5.11 Å². The van der Waals surface area contributed by atoms with Crippen LogP contribution in [0.3, 0.4) is 0 Å². The Morgan fingerprint density at radius 3 is 2.69 bits per heavy atom. The van der Waals surface area contributed by atoms with E-state index in [1.54, 1.807) is 12.4 Å².